The molecule has 0 saturated carbocycles. The average Bonchev–Trinajstić information content (AvgIpc) is 2.47. The number of anilines is 1. The van der Waals surface area contributed by atoms with E-state index in [1.54, 1.807) is 0 Å². The molecule has 0 bridgehead atoms. The first-order valence-corrected chi connectivity index (χ1v) is 6.83. The minimum atomic E-state index is 0.631. The Kier molecular flexibility index (Phi) is 3.24. The van der Waals surface area contributed by atoms with Gasteiger partial charge in [0, 0.05) is 36.2 Å². The van der Waals surface area contributed by atoms with E-state index >= 15 is 0 Å². The Labute approximate surface area is 122 Å². The maximum atomic E-state index is 5.37. The fourth-order valence-corrected chi connectivity index (χ4v) is 2.42. The lowest BCUT2D eigenvalue weighted by Gasteiger charge is -2.12. The lowest BCUT2D eigenvalue weighted by Crippen LogP contribution is -2.08. The molecule has 1 N–H and O–H groups in total. The number of nitrogens with zero attached hydrogens (tertiary/aromatic N) is 2. The SMILES string of the molecule is CN(C)c1ccc(-c2nc(=S)c3ccccc3[nH]2)cc1. The molecule has 3 rings (SSSR count). The molecule has 1 heterocycles. The van der Waals surface area contributed by atoms with E-state index in [0.717, 1.165) is 28.0 Å². The van der Waals surface area contributed by atoms with Crippen molar-refractivity contribution in [2.45, 2.75) is 0 Å². The number of aromatic nitrogens is 2. The van der Waals surface area contributed by atoms with Crippen molar-refractivity contribution in [3.8, 4) is 11.4 Å². The van der Waals surface area contributed by atoms with Crippen molar-refractivity contribution in [1.29, 1.82) is 0 Å². The summed E-state index contributed by atoms with van der Waals surface area (Å²) in [6.07, 6.45) is 0. The number of benzene rings is 2. The van der Waals surface area contributed by atoms with Crippen LogP contribution in [0.1, 0.15) is 0 Å². The minimum Gasteiger partial charge on any atom is -0.378 e. The normalized spacial score (nSPS) is 10.7. The lowest BCUT2D eigenvalue weighted by atomic mass is 10.1. The second kappa shape index (κ2) is 5.06. The highest BCUT2D eigenvalue weighted by Crippen LogP contribution is 2.22. The van der Waals surface area contributed by atoms with Gasteiger partial charge in [0.15, 0.2) is 0 Å². The van der Waals surface area contributed by atoms with Crippen LogP contribution in [0, 0.1) is 4.64 Å². The summed E-state index contributed by atoms with van der Waals surface area (Å²) in [7, 11) is 4.05. The first-order chi connectivity index (χ1) is 9.65. The summed E-state index contributed by atoms with van der Waals surface area (Å²) < 4.78 is 0.631. The Morgan fingerprint density at radius 1 is 1.00 bits per heavy atom. The fourth-order valence-electron chi connectivity index (χ4n) is 2.15. The molecule has 20 heavy (non-hydrogen) atoms. The van der Waals surface area contributed by atoms with Crippen LogP contribution in [0.25, 0.3) is 22.3 Å². The van der Waals surface area contributed by atoms with E-state index in [1.165, 1.54) is 0 Å². The summed E-state index contributed by atoms with van der Waals surface area (Å²) in [5.41, 5.74) is 3.21. The number of fused-ring (bicyclic) bond motifs is 1. The molecule has 3 nitrogen and oxygen atoms in total. The van der Waals surface area contributed by atoms with E-state index in [0.29, 0.717) is 4.64 Å². The van der Waals surface area contributed by atoms with Gasteiger partial charge in [-0.1, -0.05) is 24.4 Å². The molecule has 0 unspecified atom stereocenters. The third-order valence-electron chi connectivity index (χ3n) is 3.28. The average molecular weight is 281 g/mol. The standard InChI is InChI=1S/C16H15N3S/c1-19(2)12-9-7-11(8-10-12)15-17-14-6-4-3-5-13(14)16(20)18-15/h3-10H,1-2H3,(H,17,18,20). The lowest BCUT2D eigenvalue weighted by molar-refractivity contribution is 1.13. The second-order valence-electron chi connectivity index (χ2n) is 4.88. The molecule has 0 saturated heterocycles. The van der Waals surface area contributed by atoms with Gasteiger partial charge in [0.05, 0.1) is 0 Å². The largest absolute Gasteiger partial charge is 0.378 e. The summed E-state index contributed by atoms with van der Waals surface area (Å²) >= 11 is 5.37. The van der Waals surface area contributed by atoms with E-state index in [9.17, 15) is 0 Å². The number of rotatable bonds is 2. The highest BCUT2D eigenvalue weighted by molar-refractivity contribution is 7.71. The van der Waals surface area contributed by atoms with Crippen LogP contribution in [-0.2, 0) is 0 Å². The van der Waals surface area contributed by atoms with Crippen molar-refractivity contribution < 1.29 is 0 Å². The number of nitrogens with one attached hydrogen (secondary N) is 1. The van der Waals surface area contributed by atoms with Crippen molar-refractivity contribution in [3.05, 3.63) is 53.2 Å². The van der Waals surface area contributed by atoms with Gasteiger partial charge in [-0.15, -0.1) is 0 Å². The molecule has 0 fully saturated rings. The van der Waals surface area contributed by atoms with Gasteiger partial charge in [0.2, 0.25) is 0 Å². The first kappa shape index (κ1) is 12.8. The van der Waals surface area contributed by atoms with Crippen molar-refractivity contribution in [2.24, 2.45) is 0 Å². The van der Waals surface area contributed by atoms with Crippen LogP contribution in [0.3, 0.4) is 0 Å². The molecule has 2 aromatic carbocycles. The van der Waals surface area contributed by atoms with Crippen LogP contribution in [0.2, 0.25) is 0 Å². The Morgan fingerprint density at radius 2 is 1.70 bits per heavy atom. The molecule has 100 valence electrons. The highest BCUT2D eigenvalue weighted by Gasteiger charge is 2.04. The van der Waals surface area contributed by atoms with Crippen molar-refractivity contribution in [3.63, 3.8) is 0 Å². The quantitative estimate of drug-likeness (QED) is 0.720. The molecule has 1 aromatic heterocycles. The predicted octanol–water partition coefficient (Wildman–Crippen LogP) is 4.03. The minimum absolute atomic E-state index is 0.631. The molecule has 0 radical (unpaired) electrons. The monoisotopic (exact) mass is 281 g/mol. The van der Waals surface area contributed by atoms with E-state index in [4.69, 9.17) is 12.2 Å². The van der Waals surface area contributed by atoms with E-state index in [1.807, 2.05) is 38.4 Å². The van der Waals surface area contributed by atoms with Gasteiger partial charge in [0.1, 0.15) is 10.5 Å². The smallest absolute Gasteiger partial charge is 0.139 e. The van der Waals surface area contributed by atoms with Gasteiger partial charge >= 0.3 is 0 Å². The van der Waals surface area contributed by atoms with Gasteiger partial charge in [-0.2, -0.15) is 0 Å². The van der Waals surface area contributed by atoms with Crippen molar-refractivity contribution >= 4 is 28.8 Å². The van der Waals surface area contributed by atoms with Crippen LogP contribution >= 0.6 is 12.2 Å². The molecule has 3 aromatic rings. The maximum Gasteiger partial charge on any atom is 0.139 e. The fraction of sp³-hybridized carbons (Fsp3) is 0.125. The predicted molar refractivity (Wildman–Crippen MR) is 86.7 cm³/mol. The van der Waals surface area contributed by atoms with E-state index in [2.05, 4.69) is 39.1 Å². The topological polar surface area (TPSA) is 31.9 Å². The summed E-state index contributed by atoms with van der Waals surface area (Å²) in [5.74, 6) is 0.805. The van der Waals surface area contributed by atoms with Crippen LogP contribution in [0.15, 0.2) is 48.5 Å². The molecular formula is C16H15N3S. The summed E-state index contributed by atoms with van der Waals surface area (Å²) in [6, 6.07) is 16.2. The van der Waals surface area contributed by atoms with Gasteiger partial charge in [-0.25, -0.2) is 4.98 Å². The molecule has 0 aliphatic heterocycles. The first-order valence-electron chi connectivity index (χ1n) is 6.42. The number of hydrogen-bond acceptors (Lipinski definition) is 3. The van der Waals surface area contributed by atoms with Gasteiger partial charge in [-0.05, 0) is 36.4 Å². The van der Waals surface area contributed by atoms with E-state index < -0.39 is 0 Å². The number of aromatic amines is 1. The number of hydrogen-bond donors (Lipinski definition) is 1. The second-order valence-corrected chi connectivity index (χ2v) is 5.26. The molecule has 0 aliphatic carbocycles. The zero-order valence-corrected chi connectivity index (χ0v) is 12.2. The maximum absolute atomic E-state index is 5.37. The van der Waals surface area contributed by atoms with Gasteiger partial charge in [-0.3, -0.25) is 0 Å². The Morgan fingerprint density at radius 3 is 2.40 bits per heavy atom. The molecule has 0 atom stereocenters. The highest BCUT2D eigenvalue weighted by atomic mass is 32.1. The van der Waals surface area contributed by atoms with Crippen molar-refractivity contribution in [2.75, 3.05) is 19.0 Å². The molecule has 0 spiro atoms. The van der Waals surface area contributed by atoms with Crippen LogP contribution in [0.4, 0.5) is 5.69 Å². The summed E-state index contributed by atoms with van der Waals surface area (Å²) in [4.78, 5) is 9.90. The molecule has 0 amide bonds. The van der Waals surface area contributed by atoms with Crippen LogP contribution in [0.5, 0.6) is 0 Å². The van der Waals surface area contributed by atoms with Crippen LogP contribution < -0.4 is 4.90 Å². The van der Waals surface area contributed by atoms with Crippen LogP contribution in [-0.4, -0.2) is 24.1 Å². The van der Waals surface area contributed by atoms with Gasteiger partial charge < -0.3 is 9.88 Å². The number of H-pyrrole nitrogens is 1. The third-order valence-corrected chi connectivity index (χ3v) is 3.59. The third kappa shape index (κ3) is 2.30. The van der Waals surface area contributed by atoms with E-state index in [-0.39, 0.29) is 0 Å². The Balaban J connectivity index is 2.12. The number of para-hydroxylation sites is 1. The molecule has 4 heteroatoms. The summed E-state index contributed by atoms with van der Waals surface area (Å²) in [5, 5.41) is 0.983. The summed E-state index contributed by atoms with van der Waals surface area (Å²) in [6.45, 7) is 0. The molecule has 0 aliphatic rings. The van der Waals surface area contributed by atoms with Gasteiger partial charge in [0.25, 0.3) is 0 Å². The Bertz CT molecular complexity index is 804. The zero-order chi connectivity index (χ0) is 14.1. The van der Waals surface area contributed by atoms with Crippen molar-refractivity contribution in [1.82, 2.24) is 9.97 Å². The zero-order valence-electron chi connectivity index (χ0n) is 11.4. The Hall–Kier alpha value is -2.20. The molecular weight excluding hydrogens is 266 g/mol.